The van der Waals surface area contributed by atoms with E-state index >= 15 is 0 Å². The number of hydrogen-bond acceptors (Lipinski definition) is 6. The summed E-state index contributed by atoms with van der Waals surface area (Å²) >= 11 is 0. The highest BCUT2D eigenvalue weighted by Gasteiger charge is 2.16. The number of H-pyrrole nitrogens is 1. The van der Waals surface area contributed by atoms with Crippen molar-refractivity contribution in [3.8, 4) is 0 Å². The van der Waals surface area contributed by atoms with E-state index in [4.69, 9.17) is 15.2 Å². The quantitative estimate of drug-likeness (QED) is 0.642. The van der Waals surface area contributed by atoms with E-state index in [0.29, 0.717) is 0 Å². The monoisotopic (exact) mass is 257 g/mol. The molecule has 8 nitrogen and oxygen atoms in total. The molecular weight excluding hydrogens is 242 g/mol. The van der Waals surface area contributed by atoms with Crippen LogP contribution in [0.25, 0.3) is 0 Å². The second kappa shape index (κ2) is 6.01. The maximum Gasteiger partial charge on any atom is 0.330 e. The zero-order chi connectivity index (χ0) is 13.7. The van der Waals surface area contributed by atoms with E-state index in [1.54, 1.807) is 6.92 Å². The van der Waals surface area contributed by atoms with Crippen LogP contribution in [0.2, 0.25) is 0 Å². The van der Waals surface area contributed by atoms with Crippen molar-refractivity contribution in [2.45, 2.75) is 20.1 Å². The number of carbonyl (C=O) groups excluding carboxylic acids is 1. The van der Waals surface area contributed by atoms with Gasteiger partial charge < -0.3 is 15.2 Å². The summed E-state index contributed by atoms with van der Waals surface area (Å²) in [4.78, 5) is 36.4. The highest BCUT2D eigenvalue weighted by molar-refractivity contribution is 5.73. The minimum atomic E-state index is -0.730. The fourth-order valence-electron chi connectivity index (χ4n) is 1.44. The van der Waals surface area contributed by atoms with Crippen molar-refractivity contribution < 1.29 is 14.3 Å². The molecule has 1 rings (SSSR count). The second-order valence-electron chi connectivity index (χ2n) is 3.45. The molecule has 0 bridgehead atoms. The fraction of sp³-hybridized carbons (Fsp3) is 0.500. The lowest BCUT2D eigenvalue weighted by molar-refractivity contribution is -0.142. The van der Waals surface area contributed by atoms with Crippen LogP contribution in [0, 0.1) is 0 Å². The summed E-state index contributed by atoms with van der Waals surface area (Å²) in [7, 11) is 1.38. The fourth-order valence-corrected chi connectivity index (χ4v) is 1.44. The average molecular weight is 257 g/mol. The van der Waals surface area contributed by atoms with Crippen LogP contribution >= 0.6 is 0 Å². The summed E-state index contributed by atoms with van der Waals surface area (Å²) in [6.45, 7) is 1.74. The van der Waals surface area contributed by atoms with E-state index in [1.165, 1.54) is 7.11 Å². The molecule has 0 radical (unpaired) electrons. The van der Waals surface area contributed by atoms with Crippen LogP contribution in [0.3, 0.4) is 0 Å². The second-order valence-corrected chi connectivity index (χ2v) is 3.45. The first-order valence-corrected chi connectivity index (χ1v) is 5.27. The van der Waals surface area contributed by atoms with Crippen LogP contribution in [0.5, 0.6) is 0 Å². The number of hydrogen-bond donors (Lipinski definition) is 2. The number of nitrogens with one attached hydrogen (secondary N) is 1. The maximum atomic E-state index is 11.6. The summed E-state index contributed by atoms with van der Waals surface area (Å²) in [6.07, 6.45) is -0.262. The standard InChI is InChI=1S/C10H15N3O5/c1-3-18-7(14)4-6-8(11)9(15)12-10(16)13(6)5-17-2/h3-5,11H2,1-2H3,(H,12,15,16). The van der Waals surface area contributed by atoms with Crippen molar-refractivity contribution in [3.63, 3.8) is 0 Å². The number of aromatic nitrogens is 2. The largest absolute Gasteiger partial charge is 0.466 e. The predicted octanol–water partition coefficient (Wildman–Crippen LogP) is -1.17. The molecule has 0 spiro atoms. The molecule has 0 aliphatic carbocycles. The summed E-state index contributed by atoms with van der Waals surface area (Å²) < 4.78 is 10.6. The van der Waals surface area contributed by atoms with Gasteiger partial charge in [-0.15, -0.1) is 0 Å². The normalized spacial score (nSPS) is 10.3. The Balaban J connectivity index is 3.25. The number of methoxy groups -OCH3 is 1. The predicted molar refractivity (Wildman–Crippen MR) is 63.1 cm³/mol. The van der Waals surface area contributed by atoms with E-state index in [2.05, 4.69) is 0 Å². The number of anilines is 1. The number of ether oxygens (including phenoxy) is 2. The first-order valence-electron chi connectivity index (χ1n) is 5.27. The number of carbonyl (C=O) groups is 1. The Kier molecular flexibility index (Phi) is 4.67. The minimum Gasteiger partial charge on any atom is -0.466 e. The van der Waals surface area contributed by atoms with Crippen LogP contribution < -0.4 is 17.0 Å². The first-order chi connectivity index (χ1) is 8.51. The van der Waals surface area contributed by atoms with Gasteiger partial charge in [0.15, 0.2) is 0 Å². The smallest absolute Gasteiger partial charge is 0.330 e. The Bertz CT molecular complexity index is 545. The van der Waals surface area contributed by atoms with Gasteiger partial charge in [0, 0.05) is 7.11 Å². The molecule has 8 heteroatoms. The molecule has 0 aromatic carbocycles. The molecule has 1 aromatic rings. The third-order valence-electron chi connectivity index (χ3n) is 2.22. The highest BCUT2D eigenvalue weighted by Crippen LogP contribution is 2.05. The molecule has 1 heterocycles. The summed E-state index contributed by atoms with van der Waals surface area (Å²) in [5.41, 5.74) is 4.04. The Morgan fingerprint density at radius 3 is 2.67 bits per heavy atom. The molecule has 0 saturated heterocycles. The van der Waals surface area contributed by atoms with Crippen molar-refractivity contribution >= 4 is 11.7 Å². The van der Waals surface area contributed by atoms with E-state index < -0.39 is 17.2 Å². The molecule has 0 fully saturated rings. The zero-order valence-electron chi connectivity index (χ0n) is 10.2. The van der Waals surface area contributed by atoms with Crippen LogP contribution in [-0.4, -0.2) is 29.2 Å². The molecule has 0 aliphatic rings. The lowest BCUT2D eigenvalue weighted by Crippen LogP contribution is -2.36. The minimum absolute atomic E-state index is 0.0871. The van der Waals surface area contributed by atoms with Crippen LogP contribution in [0.4, 0.5) is 5.69 Å². The van der Waals surface area contributed by atoms with Crippen molar-refractivity contribution in [2.24, 2.45) is 0 Å². The molecule has 0 amide bonds. The molecule has 0 saturated carbocycles. The van der Waals surface area contributed by atoms with E-state index in [9.17, 15) is 14.4 Å². The number of aromatic amines is 1. The van der Waals surface area contributed by atoms with Gasteiger partial charge in [-0.2, -0.15) is 0 Å². The number of nitrogens with zero attached hydrogens (tertiary/aromatic N) is 1. The van der Waals surface area contributed by atoms with Gasteiger partial charge in [0.05, 0.1) is 18.7 Å². The Morgan fingerprint density at radius 1 is 1.44 bits per heavy atom. The zero-order valence-corrected chi connectivity index (χ0v) is 10.2. The van der Waals surface area contributed by atoms with Crippen LogP contribution in [0.15, 0.2) is 9.59 Å². The molecular formula is C10H15N3O5. The third-order valence-corrected chi connectivity index (χ3v) is 2.22. The van der Waals surface area contributed by atoms with Gasteiger partial charge in [-0.1, -0.05) is 0 Å². The lowest BCUT2D eigenvalue weighted by atomic mass is 10.2. The van der Waals surface area contributed by atoms with Crippen molar-refractivity contribution in [2.75, 3.05) is 19.5 Å². The first kappa shape index (κ1) is 14.0. The van der Waals surface area contributed by atoms with Crippen molar-refractivity contribution in [1.82, 2.24) is 9.55 Å². The molecule has 0 atom stereocenters. The lowest BCUT2D eigenvalue weighted by Gasteiger charge is -2.12. The van der Waals surface area contributed by atoms with Crippen molar-refractivity contribution in [1.29, 1.82) is 0 Å². The third kappa shape index (κ3) is 2.98. The van der Waals surface area contributed by atoms with Gasteiger partial charge in [0.1, 0.15) is 12.4 Å². The molecule has 100 valence electrons. The summed E-state index contributed by atoms with van der Waals surface area (Å²) in [5.74, 6) is -0.570. The highest BCUT2D eigenvalue weighted by atomic mass is 16.5. The molecule has 0 unspecified atom stereocenters. The number of rotatable bonds is 5. The summed E-state index contributed by atoms with van der Waals surface area (Å²) in [6, 6.07) is 0. The SMILES string of the molecule is CCOC(=O)Cc1c(N)c(=O)[nH]c(=O)n1COC. The van der Waals surface area contributed by atoms with Gasteiger partial charge in [-0.25, -0.2) is 4.79 Å². The van der Waals surface area contributed by atoms with E-state index in [0.717, 1.165) is 4.57 Å². The van der Waals surface area contributed by atoms with Gasteiger partial charge in [0.2, 0.25) is 0 Å². The average Bonchev–Trinajstić information content (AvgIpc) is 2.31. The molecule has 18 heavy (non-hydrogen) atoms. The molecule has 0 aliphatic heterocycles. The maximum absolute atomic E-state index is 11.6. The van der Waals surface area contributed by atoms with E-state index in [-0.39, 0.29) is 31.1 Å². The van der Waals surface area contributed by atoms with Gasteiger partial charge in [0.25, 0.3) is 5.56 Å². The Morgan fingerprint density at radius 2 is 2.11 bits per heavy atom. The topological polar surface area (TPSA) is 116 Å². The van der Waals surface area contributed by atoms with Crippen LogP contribution in [-0.2, 0) is 27.4 Å². The molecule has 1 aromatic heterocycles. The van der Waals surface area contributed by atoms with Gasteiger partial charge >= 0.3 is 11.7 Å². The number of nitrogen functional groups attached to an aromatic ring is 1. The van der Waals surface area contributed by atoms with E-state index in [1.807, 2.05) is 4.98 Å². The van der Waals surface area contributed by atoms with Crippen molar-refractivity contribution in [3.05, 3.63) is 26.5 Å². The number of nitrogens with two attached hydrogens (primary N) is 1. The Labute approximate surface area is 102 Å². The summed E-state index contributed by atoms with van der Waals surface area (Å²) in [5, 5.41) is 0. The molecule has 3 N–H and O–H groups in total. The van der Waals surface area contributed by atoms with Crippen LogP contribution in [0.1, 0.15) is 12.6 Å². The van der Waals surface area contributed by atoms with Gasteiger partial charge in [-0.05, 0) is 6.92 Å². The number of esters is 1. The van der Waals surface area contributed by atoms with Gasteiger partial charge in [-0.3, -0.25) is 19.1 Å². The Hall–Kier alpha value is -2.09.